The molecular weight excluding hydrogens is 316 g/mol. The molecule has 1 fully saturated rings. The fourth-order valence-corrected chi connectivity index (χ4v) is 2.98. The molecular formula is C16H19ClN4O2. The van der Waals surface area contributed by atoms with E-state index in [2.05, 4.69) is 10.1 Å². The van der Waals surface area contributed by atoms with Crippen molar-refractivity contribution in [1.82, 2.24) is 19.7 Å². The standard InChI is InChI=1S/C16H19ClN4O2/c1-20-11-14(17)15(19-20)16(22)21(10-13-3-2-8-23-13)9-12-4-6-18-7-5-12/h4-7,11,13H,2-3,8-10H2,1H3/t13-/m1/s1. The van der Waals surface area contributed by atoms with Gasteiger partial charge in [0.1, 0.15) is 0 Å². The number of amides is 1. The maximum absolute atomic E-state index is 12.9. The van der Waals surface area contributed by atoms with Gasteiger partial charge < -0.3 is 9.64 Å². The van der Waals surface area contributed by atoms with Crippen molar-refractivity contribution in [2.45, 2.75) is 25.5 Å². The van der Waals surface area contributed by atoms with Gasteiger partial charge in [-0.2, -0.15) is 5.10 Å². The number of carbonyl (C=O) groups excluding carboxylic acids is 1. The summed E-state index contributed by atoms with van der Waals surface area (Å²) in [6.45, 7) is 1.77. The second kappa shape index (κ2) is 7.10. The lowest BCUT2D eigenvalue weighted by molar-refractivity contribution is 0.0502. The number of rotatable bonds is 5. The molecule has 0 radical (unpaired) electrons. The molecule has 0 N–H and O–H groups in total. The summed E-state index contributed by atoms with van der Waals surface area (Å²) in [5.41, 5.74) is 1.29. The van der Waals surface area contributed by atoms with Crippen molar-refractivity contribution < 1.29 is 9.53 Å². The van der Waals surface area contributed by atoms with Gasteiger partial charge in [0.05, 0.1) is 11.1 Å². The normalized spacial score (nSPS) is 17.4. The minimum Gasteiger partial charge on any atom is -0.376 e. The molecule has 1 aliphatic heterocycles. The Morgan fingerprint density at radius 1 is 1.48 bits per heavy atom. The zero-order chi connectivity index (χ0) is 16.2. The van der Waals surface area contributed by atoms with Gasteiger partial charge in [0.2, 0.25) is 0 Å². The topological polar surface area (TPSA) is 60.2 Å². The Morgan fingerprint density at radius 2 is 2.26 bits per heavy atom. The highest BCUT2D eigenvalue weighted by molar-refractivity contribution is 6.33. The van der Waals surface area contributed by atoms with Crippen molar-refractivity contribution in [3.63, 3.8) is 0 Å². The summed E-state index contributed by atoms with van der Waals surface area (Å²) < 4.78 is 7.23. The highest BCUT2D eigenvalue weighted by atomic mass is 35.5. The van der Waals surface area contributed by atoms with E-state index in [0.29, 0.717) is 18.1 Å². The summed E-state index contributed by atoms with van der Waals surface area (Å²) in [4.78, 5) is 18.6. The lowest BCUT2D eigenvalue weighted by atomic mass is 10.2. The summed E-state index contributed by atoms with van der Waals surface area (Å²) in [5.74, 6) is -0.178. The zero-order valence-corrected chi connectivity index (χ0v) is 13.7. The van der Waals surface area contributed by atoms with Gasteiger partial charge in [-0.1, -0.05) is 11.6 Å². The van der Waals surface area contributed by atoms with Crippen LogP contribution in [0.3, 0.4) is 0 Å². The van der Waals surface area contributed by atoms with Crippen LogP contribution in [-0.2, 0) is 18.3 Å². The van der Waals surface area contributed by atoms with Crippen molar-refractivity contribution in [3.8, 4) is 0 Å². The Morgan fingerprint density at radius 3 is 2.87 bits per heavy atom. The Kier molecular flexibility index (Phi) is 4.93. The van der Waals surface area contributed by atoms with Crippen LogP contribution in [-0.4, -0.2) is 44.8 Å². The molecule has 2 aromatic heterocycles. The first-order valence-corrected chi connectivity index (χ1v) is 8.00. The van der Waals surface area contributed by atoms with Crippen LogP contribution in [0.2, 0.25) is 5.02 Å². The van der Waals surface area contributed by atoms with Crippen LogP contribution < -0.4 is 0 Å². The first-order valence-electron chi connectivity index (χ1n) is 7.62. The molecule has 0 saturated carbocycles. The summed E-state index contributed by atoms with van der Waals surface area (Å²) in [6, 6.07) is 3.80. The monoisotopic (exact) mass is 334 g/mol. The van der Waals surface area contributed by atoms with Gasteiger partial charge in [-0.15, -0.1) is 0 Å². The molecule has 6 nitrogen and oxygen atoms in total. The zero-order valence-electron chi connectivity index (χ0n) is 13.0. The molecule has 0 spiro atoms. The van der Waals surface area contributed by atoms with Crippen molar-refractivity contribution in [1.29, 1.82) is 0 Å². The fourth-order valence-electron chi connectivity index (χ4n) is 2.72. The highest BCUT2D eigenvalue weighted by Gasteiger charge is 2.26. The molecule has 23 heavy (non-hydrogen) atoms. The molecule has 122 valence electrons. The average Bonchev–Trinajstić information content (AvgIpc) is 3.16. The Labute approximate surface area is 140 Å². The predicted octanol–water partition coefficient (Wildman–Crippen LogP) is 2.29. The molecule has 7 heteroatoms. The van der Waals surface area contributed by atoms with E-state index in [1.807, 2.05) is 12.1 Å². The number of nitrogens with zero attached hydrogens (tertiary/aromatic N) is 4. The van der Waals surface area contributed by atoms with Crippen molar-refractivity contribution in [3.05, 3.63) is 47.0 Å². The molecule has 0 unspecified atom stereocenters. The van der Waals surface area contributed by atoms with E-state index in [9.17, 15) is 4.79 Å². The van der Waals surface area contributed by atoms with Gasteiger partial charge in [-0.05, 0) is 30.5 Å². The molecule has 2 aromatic rings. The van der Waals surface area contributed by atoms with E-state index in [-0.39, 0.29) is 17.7 Å². The molecule has 1 amide bonds. The lowest BCUT2D eigenvalue weighted by Crippen LogP contribution is -2.37. The fraction of sp³-hybridized carbons (Fsp3) is 0.438. The molecule has 3 heterocycles. The second-order valence-electron chi connectivity index (χ2n) is 5.68. The first-order chi connectivity index (χ1) is 11.1. The van der Waals surface area contributed by atoms with Gasteiger partial charge in [0, 0.05) is 45.3 Å². The second-order valence-corrected chi connectivity index (χ2v) is 6.08. The maximum atomic E-state index is 12.9. The van der Waals surface area contributed by atoms with Crippen LogP contribution in [0.4, 0.5) is 0 Å². The van der Waals surface area contributed by atoms with E-state index in [1.54, 1.807) is 35.2 Å². The van der Waals surface area contributed by atoms with Crippen molar-refractivity contribution >= 4 is 17.5 Å². The average molecular weight is 335 g/mol. The predicted molar refractivity (Wildman–Crippen MR) is 86.2 cm³/mol. The number of pyridine rings is 1. The van der Waals surface area contributed by atoms with Crippen LogP contribution in [0.1, 0.15) is 28.9 Å². The summed E-state index contributed by atoms with van der Waals surface area (Å²) >= 11 is 6.13. The maximum Gasteiger partial charge on any atom is 0.276 e. The third-order valence-corrected chi connectivity index (χ3v) is 4.12. The Bertz CT molecular complexity index is 668. The molecule has 0 aliphatic carbocycles. The quantitative estimate of drug-likeness (QED) is 0.841. The summed E-state index contributed by atoms with van der Waals surface area (Å²) in [7, 11) is 1.75. The first kappa shape index (κ1) is 16.0. The van der Waals surface area contributed by atoms with Gasteiger partial charge in [0.25, 0.3) is 5.91 Å². The van der Waals surface area contributed by atoms with E-state index in [1.165, 1.54) is 0 Å². The number of carbonyl (C=O) groups is 1. The largest absolute Gasteiger partial charge is 0.376 e. The lowest BCUT2D eigenvalue weighted by Gasteiger charge is -2.25. The molecule has 1 atom stereocenters. The van der Waals surface area contributed by atoms with Crippen LogP contribution >= 0.6 is 11.6 Å². The minimum absolute atomic E-state index is 0.0725. The highest BCUT2D eigenvalue weighted by Crippen LogP contribution is 2.20. The van der Waals surface area contributed by atoms with Crippen LogP contribution in [0.25, 0.3) is 0 Å². The number of ether oxygens (including phenoxy) is 1. The molecule has 0 aromatic carbocycles. The number of hydrogen-bond donors (Lipinski definition) is 0. The van der Waals surface area contributed by atoms with E-state index in [4.69, 9.17) is 16.3 Å². The number of aromatic nitrogens is 3. The molecule has 1 aliphatic rings. The number of halogens is 1. The molecule has 0 bridgehead atoms. The number of aryl methyl sites for hydroxylation is 1. The summed E-state index contributed by atoms with van der Waals surface area (Å²) in [6.07, 6.45) is 7.15. The third kappa shape index (κ3) is 3.89. The smallest absolute Gasteiger partial charge is 0.276 e. The third-order valence-electron chi connectivity index (χ3n) is 3.84. The summed E-state index contributed by atoms with van der Waals surface area (Å²) in [5, 5.41) is 4.55. The number of hydrogen-bond acceptors (Lipinski definition) is 4. The minimum atomic E-state index is -0.178. The van der Waals surface area contributed by atoms with Crippen LogP contribution in [0, 0.1) is 0 Å². The molecule has 1 saturated heterocycles. The van der Waals surface area contributed by atoms with E-state index < -0.39 is 0 Å². The van der Waals surface area contributed by atoms with Crippen LogP contribution in [0.5, 0.6) is 0 Å². The Hall–Kier alpha value is -1.92. The van der Waals surface area contributed by atoms with Gasteiger partial charge in [0.15, 0.2) is 5.69 Å². The van der Waals surface area contributed by atoms with E-state index in [0.717, 1.165) is 25.0 Å². The SMILES string of the molecule is Cn1cc(Cl)c(C(=O)N(Cc2ccncc2)C[C@H]2CCCO2)n1. The van der Waals surface area contributed by atoms with Gasteiger partial charge in [-0.3, -0.25) is 14.5 Å². The molecule has 3 rings (SSSR count). The van der Waals surface area contributed by atoms with Crippen molar-refractivity contribution in [2.24, 2.45) is 7.05 Å². The van der Waals surface area contributed by atoms with Gasteiger partial charge >= 0.3 is 0 Å². The van der Waals surface area contributed by atoms with E-state index >= 15 is 0 Å². The Balaban J connectivity index is 1.81. The van der Waals surface area contributed by atoms with Crippen LogP contribution in [0.15, 0.2) is 30.7 Å². The van der Waals surface area contributed by atoms with Crippen molar-refractivity contribution in [2.75, 3.05) is 13.2 Å². The van der Waals surface area contributed by atoms with Gasteiger partial charge in [-0.25, -0.2) is 0 Å².